The van der Waals surface area contributed by atoms with Gasteiger partial charge in [0.25, 0.3) is 0 Å². The van der Waals surface area contributed by atoms with Gasteiger partial charge in [0.05, 0.1) is 12.8 Å². The zero-order valence-corrected chi connectivity index (χ0v) is 8.04. The van der Waals surface area contributed by atoms with E-state index in [0.29, 0.717) is 0 Å². The van der Waals surface area contributed by atoms with E-state index >= 15 is 0 Å². The Labute approximate surface area is 81.0 Å². The van der Waals surface area contributed by atoms with Gasteiger partial charge in [0.2, 0.25) is 0 Å². The summed E-state index contributed by atoms with van der Waals surface area (Å²) < 4.78 is 9.38. The largest absolute Gasteiger partial charge is 0.497 e. The van der Waals surface area contributed by atoms with E-state index in [0.717, 1.165) is 17.0 Å². The van der Waals surface area contributed by atoms with Gasteiger partial charge in [-0.2, -0.15) is 4.37 Å². The Kier molecular flexibility index (Phi) is 2.27. The van der Waals surface area contributed by atoms with Crippen LogP contribution < -0.4 is 4.74 Å². The van der Waals surface area contributed by atoms with E-state index in [-0.39, 0.29) is 0 Å². The van der Waals surface area contributed by atoms with Gasteiger partial charge in [-0.3, -0.25) is 0 Å². The van der Waals surface area contributed by atoms with Gasteiger partial charge in [0.1, 0.15) is 5.75 Å². The molecule has 0 bridgehead atoms. The molecule has 1 heterocycles. The molecular formula is C10H9NOS. The van der Waals surface area contributed by atoms with Crippen molar-refractivity contribution in [3.8, 4) is 17.0 Å². The summed E-state index contributed by atoms with van der Waals surface area (Å²) in [7, 11) is 1.67. The Morgan fingerprint density at radius 2 is 2.23 bits per heavy atom. The van der Waals surface area contributed by atoms with E-state index in [2.05, 4.69) is 4.37 Å². The zero-order chi connectivity index (χ0) is 9.10. The normalized spacial score (nSPS) is 9.92. The second-order valence-corrected chi connectivity index (χ2v) is 3.28. The molecule has 0 aliphatic rings. The second kappa shape index (κ2) is 3.58. The molecule has 2 rings (SSSR count). The first-order chi connectivity index (χ1) is 6.40. The summed E-state index contributed by atoms with van der Waals surface area (Å²) in [5.74, 6) is 0.866. The number of hydrogen-bond acceptors (Lipinski definition) is 3. The zero-order valence-electron chi connectivity index (χ0n) is 7.23. The minimum absolute atomic E-state index is 0.866. The molecule has 0 spiro atoms. The SMILES string of the molecule is COc1cccc(-c2ccsn2)c1. The van der Waals surface area contributed by atoms with E-state index in [1.165, 1.54) is 11.5 Å². The summed E-state index contributed by atoms with van der Waals surface area (Å²) in [5, 5.41) is 1.97. The Hall–Kier alpha value is -1.35. The van der Waals surface area contributed by atoms with E-state index < -0.39 is 0 Å². The van der Waals surface area contributed by atoms with Crippen molar-refractivity contribution in [2.75, 3.05) is 7.11 Å². The monoisotopic (exact) mass is 191 g/mol. The van der Waals surface area contributed by atoms with Crippen molar-refractivity contribution in [2.24, 2.45) is 0 Å². The average molecular weight is 191 g/mol. The van der Waals surface area contributed by atoms with Crippen LogP contribution in [0.5, 0.6) is 5.75 Å². The number of ether oxygens (including phenoxy) is 1. The first-order valence-electron chi connectivity index (χ1n) is 3.95. The van der Waals surface area contributed by atoms with Gasteiger partial charge in [-0.15, -0.1) is 0 Å². The quantitative estimate of drug-likeness (QED) is 0.728. The second-order valence-electron chi connectivity index (χ2n) is 2.62. The Morgan fingerprint density at radius 1 is 1.31 bits per heavy atom. The minimum atomic E-state index is 0.866. The van der Waals surface area contributed by atoms with Crippen LogP contribution in [0.3, 0.4) is 0 Å². The van der Waals surface area contributed by atoms with Crippen molar-refractivity contribution in [1.82, 2.24) is 4.37 Å². The van der Waals surface area contributed by atoms with Crippen LogP contribution >= 0.6 is 11.5 Å². The topological polar surface area (TPSA) is 22.1 Å². The van der Waals surface area contributed by atoms with Gasteiger partial charge in [0, 0.05) is 10.9 Å². The lowest BCUT2D eigenvalue weighted by Crippen LogP contribution is -1.83. The molecule has 13 heavy (non-hydrogen) atoms. The predicted molar refractivity (Wildman–Crippen MR) is 54.1 cm³/mol. The highest BCUT2D eigenvalue weighted by Gasteiger charge is 2.00. The molecule has 1 aromatic heterocycles. The lowest BCUT2D eigenvalue weighted by Gasteiger charge is -2.00. The molecule has 2 aromatic rings. The van der Waals surface area contributed by atoms with E-state index in [9.17, 15) is 0 Å². The van der Waals surface area contributed by atoms with Crippen LogP contribution in [0.25, 0.3) is 11.3 Å². The van der Waals surface area contributed by atoms with Crippen LogP contribution in [0.2, 0.25) is 0 Å². The molecule has 3 heteroatoms. The molecule has 2 nitrogen and oxygen atoms in total. The van der Waals surface area contributed by atoms with Crippen molar-refractivity contribution in [3.05, 3.63) is 35.7 Å². The van der Waals surface area contributed by atoms with Crippen LogP contribution in [-0.4, -0.2) is 11.5 Å². The van der Waals surface area contributed by atoms with Gasteiger partial charge in [0.15, 0.2) is 0 Å². The molecule has 0 atom stereocenters. The molecule has 0 N–H and O–H groups in total. The molecular weight excluding hydrogens is 182 g/mol. The fourth-order valence-corrected chi connectivity index (χ4v) is 1.67. The predicted octanol–water partition coefficient (Wildman–Crippen LogP) is 2.82. The number of nitrogens with zero attached hydrogens (tertiary/aromatic N) is 1. The van der Waals surface area contributed by atoms with Crippen LogP contribution in [0, 0.1) is 0 Å². The van der Waals surface area contributed by atoms with Crippen molar-refractivity contribution in [1.29, 1.82) is 0 Å². The smallest absolute Gasteiger partial charge is 0.119 e. The fraction of sp³-hybridized carbons (Fsp3) is 0.100. The molecule has 0 saturated heterocycles. The number of rotatable bonds is 2. The molecule has 66 valence electrons. The standard InChI is InChI=1S/C10H9NOS/c1-12-9-4-2-3-8(7-9)10-5-6-13-11-10/h2-7H,1H3. The Bertz CT molecular complexity index is 384. The Balaban J connectivity index is 2.41. The molecule has 0 radical (unpaired) electrons. The third kappa shape index (κ3) is 1.70. The summed E-state index contributed by atoms with van der Waals surface area (Å²) in [6.07, 6.45) is 0. The Morgan fingerprint density at radius 3 is 2.92 bits per heavy atom. The third-order valence-electron chi connectivity index (χ3n) is 1.80. The maximum atomic E-state index is 5.13. The fourth-order valence-electron chi connectivity index (χ4n) is 1.14. The first-order valence-corrected chi connectivity index (χ1v) is 4.78. The molecule has 0 aliphatic carbocycles. The summed E-state index contributed by atoms with van der Waals surface area (Å²) in [6, 6.07) is 9.90. The summed E-state index contributed by atoms with van der Waals surface area (Å²) in [6.45, 7) is 0. The van der Waals surface area contributed by atoms with Crippen LogP contribution in [0.4, 0.5) is 0 Å². The summed E-state index contributed by atoms with van der Waals surface area (Å²) >= 11 is 1.46. The molecule has 0 saturated carbocycles. The summed E-state index contributed by atoms with van der Waals surface area (Å²) in [5.41, 5.74) is 2.10. The van der Waals surface area contributed by atoms with Gasteiger partial charge in [-0.05, 0) is 29.7 Å². The van der Waals surface area contributed by atoms with Crippen molar-refractivity contribution >= 4 is 11.5 Å². The van der Waals surface area contributed by atoms with Gasteiger partial charge >= 0.3 is 0 Å². The highest BCUT2D eigenvalue weighted by Crippen LogP contribution is 2.22. The van der Waals surface area contributed by atoms with Crippen molar-refractivity contribution in [3.63, 3.8) is 0 Å². The van der Waals surface area contributed by atoms with Gasteiger partial charge < -0.3 is 4.74 Å². The molecule has 1 aromatic carbocycles. The average Bonchev–Trinajstić information content (AvgIpc) is 2.71. The van der Waals surface area contributed by atoms with Gasteiger partial charge in [-0.25, -0.2) is 0 Å². The number of methoxy groups -OCH3 is 1. The first kappa shape index (κ1) is 8.26. The van der Waals surface area contributed by atoms with Crippen LogP contribution in [0.1, 0.15) is 0 Å². The molecule has 0 amide bonds. The van der Waals surface area contributed by atoms with E-state index in [1.54, 1.807) is 7.11 Å². The maximum Gasteiger partial charge on any atom is 0.119 e. The number of benzene rings is 1. The third-order valence-corrected chi connectivity index (χ3v) is 2.36. The number of aromatic nitrogens is 1. The summed E-state index contributed by atoms with van der Waals surface area (Å²) in [4.78, 5) is 0. The lowest BCUT2D eigenvalue weighted by molar-refractivity contribution is 0.415. The molecule has 0 unspecified atom stereocenters. The van der Waals surface area contributed by atoms with E-state index in [1.807, 2.05) is 35.7 Å². The minimum Gasteiger partial charge on any atom is -0.497 e. The van der Waals surface area contributed by atoms with Crippen molar-refractivity contribution in [2.45, 2.75) is 0 Å². The highest BCUT2D eigenvalue weighted by atomic mass is 32.1. The highest BCUT2D eigenvalue weighted by molar-refractivity contribution is 7.03. The van der Waals surface area contributed by atoms with Gasteiger partial charge in [-0.1, -0.05) is 12.1 Å². The maximum absolute atomic E-state index is 5.13. The van der Waals surface area contributed by atoms with Crippen LogP contribution in [-0.2, 0) is 0 Å². The lowest BCUT2D eigenvalue weighted by atomic mass is 10.1. The number of hydrogen-bond donors (Lipinski definition) is 0. The molecule has 0 fully saturated rings. The van der Waals surface area contributed by atoms with Crippen molar-refractivity contribution < 1.29 is 4.74 Å². The van der Waals surface area contributed by atoms with E-state index in [4.69, 9.17) is 4.74 Å². The van der Waals surface area contributed by atoms with Crippen LogP contribution in [0.15, 0.2) is 35.7 Å². The molecule has 0 aliphatic heterocycles.